The topological polar surface area (TPSA) is 96.4 Å². The molecule has 7 nitrogen and oxygen atoms in total. The maximum atomic E-state index is 13.1. The van der Waals surface area contributed by atoms with Crippen LogP contribution in [0, 0.1) is 11.7 Å². The van der Waals surface area contributed by atoms with Gasteiger partial charge in [-0.15, -0.1) is 0 Å². The quantitative estimate of drug-likeness (QED) is 0.463. The Kier molecular flexibility index (Phi) is 6.69. The molecule has 0 saturated carbocycles. The molecule has 0 unspecified atom stereocenters. The number of carbonyl (C=O) groups is 1. The molecule has 2 aromatic carbocycles. The first-order valence-electron chi connectivity index (χ1n) is 9.35. The van der Waals surface area contributed by atoms with Crippen molar-refractivity contribution in [2.24, 2.45) is 11.0 Å². The van der Waals surface area contributed by atoms with Crippen LogP contribution in [0.15, 0.2) is 64.5 Å². The first-order valence-corrected chi connectivity index (χ1v) is 9.35. The van der Waals surface area contributed by atoms with Gasteiger partial charge < -0.3 is 9.72 Å². The SMILES string of the molecule is CC(C)COc1ccccc1/C=N/NC(=O)c1cc(-c2ccc(F)cc2)nc(=O)[nH]1. The van der Waals surface area contributed by atoms with Crippen LogP contribution in [-0.4, -0.2) is 28.7 Å². The number of hydrazone groups is 1. The number of rotatable bonds is 7. The van der Waals surface area contributed by atoms with E-state index in [2.05, 4.69) is 20.5 Å². The molecule has 0 atom stereocenters. The van der Waals surface area contributed by atoms with Crippen LogP contribution < -0.4 is 15.9 Å². The van der Waals surface area contributed by atoms with Gasteiger partial charge in [-0.1, -0.05) is 26.0 Å². The van der Waals surface area contributed by atoms with E-state index in [4.69, 9.17) is 4.74 Å². The van der Waals surface area contributed by atoms with E-state index in [1.54, 1.807) is 0 Å². The van der Waals surface area contributed by atoms with Crippen molar-refractivity contribution in [3.63, 3.8) is 0 Å². The second kappa shape index (κ2) is 9.60. The van der Waals surface area contributed by atoms with Gasteiger partial charge >= 0.3 is 5.69 Å². The molecule has 0 fully saturated rings. The molecule has 1 aromatic heterocycles. The van der Waals surface area contributed by atoms with Gasteiger partial charge in [0.25, 0.3) is 5.91 Å². The summed E-state index contributed by atoms with van der Waals surface area (Å²) in [6.07, 6.45) is 1.47. The van der Waals surface area contributed by atoms with Gasteiger partial charge in [0, 0.05) is 11.1 Å². The van der Waals surface area contributed by atoms with Crippen molar-refractivity contribution in [1.29, 1.82) is 0 Å². The van der Waals surface area contributed by atoms with Crippen LogP contribution in [-0.2, 0) is 0 Å². The molecule has 3 aromatic rings. The second-order valence-electron chi connectivity index (χ2n) is 6.93. The van der Waals surface area contributed by atoms with Crippen molar-refractivity contribution in [2.45, 2.75) is 13.8 Å². The zero-order valence-corrected chi connectivity index (χ0v) is 16.6. The smallest absolute Gasteiger partial charge is 0.346 e. The molecule has 8 heteroatoms. The number of amides is 1. The number of H-pyrrole nitrogens is 1. The third kappa shape index (κ3) is 5.60. The maximum absolute atomic E-state index is 13.1. The fourth-order valence-electron chi connectivity index (χ4n) is 2.54. The van der Waals surface area contributed by atoms with Gasteiger partial charge in [-0.2, -0.15) is 10.1 Å². The molecular weight excluding hydrogens is 387 g/mol. The molecule has 0 aliphatic heterocycles. The van der Waals surface area contributed by atoms with E-state index < -0.39 is 17.4 Å². The lowest BCUT2D eigenvalue weighted by Crippen LogP contribution is -2.24. The molecule has 1 heterocycles. The van der Waals surface area contributed by atoms with E-state index in [0.29, 0.717) is 29.4 Å². The van der Waals surface area contributed by atoms with E-state index in [1.165, 1.54) is 36.5 Å². The monoisotopic (exact) mass is 408 g/mol. The zero-order chi connectivity index (χ0) is 21.5. The van der Waals surface area contributed by atoms with Gasteiger partial charge in [0.1, 0.15) is 17.3 Å². The van der Waals surface area contributed by atoms with Gasteiger partial charge in [0.05, 0.1) is 18.5 Å². The predicted molar refractivity (Wildman–Crippen MR) is 112 cm³/mol. The Balaban J connectivity index is 1.74. The summed E-state index contributed by atoms with van der Waals surface area (Å²) in [6.45, 7) is 4.65. The number of para-hydroxylation sites is 1. The molecule has 0 bridgehead atoms. The standard InChI is InChI=1S/C22H21FN4O3/c1-14(2)13-30-20-6-4-3-5-16(20)12-24-27-21(28)19-11-18(25-22(29)26-19)15-7-9-17(23)10-8-15/h3-12,14H,13H2,1-2H3,(H,27,28)(H,25,26,29)/b24-12+. The number of hydrogen-bond donors (Lipinski definition) is 2. The summed E-state index contributed by atoms with van der Waals surface area (Å²) in [5, 5.41) is 3.95. The Morgan fingerprint density at radius 3 is 2.70 bits per heavy atom. The first kappa shape index (κ1) is 20.9. The van der Waals surface area contributed by atoms with Crippen LogP contribution in [0.4, 0.5) is 4.39 Å². The molecule has 154 valence electrons. The average molecular weight is 408 g/mol. The average Bonchev–Trinajstić information content (AvgIpc) is 2.73. The highest BCUT2D eigenvalue weighted by Crippen LogP contribution is 2.17. The Bertz CT molecular complexity index is 1110. The van der Waals surface area contributed by atoms with Crippen molar-refractivity contribution in [3.05, 3.63) is 82.2 Å². The Hall–Kier alpha value is -3.81. The normalized spacial score (nSPS) is 11.1. The van der Waals surface area contributed by atoms with Crippen LogP contribution in [0.3, 0.4) is 0 Å². The molecule has 0 radical (unpaired) electrons. The third-order valence-electron chi connectivity index (χ3n) is 3.99. The van der Waals surface area contributed by atoms with Gasteiger partial charge in [-0.3, -0.25) is 4.79 Å². The Labute approximate surface area is 172 Å². The van der Waals surface area contributed by atoms with Crippen molar-refractivity contribution in [2.75, 3.05) is 6.61 Å². The molecule has 1 amide bonds. The number of ether oxygens (including phenoxy) is 1. The summed E-state index contributed by atoms with van der Waals surface area (Å²) in [4.78, 5) is 30.4. The largest absolute Gasteiger partial charge is 0.493 e. The minimum atomic E-state index is -0.696. The van der Waals surface area contributed by atoms with E-state index >= 15 is 0 Å². The fourth-order valence-corrected chi connectivity index (χ4v) is 2.54. The van der Waals surface area contributed by atoms with Crippen LogP contribution in [0.2, 0.25) is 0 Å². The van der Waals surface area contributed by atoms with Crippen molar-refractivity contribution < 1.29 is 13.9 Å². The number of nitrogens with zero attached hydrogens (tertiary/aromatic N) is 2. The lowest BCUT2D eigenvalue weighted by atomic mass is 10.1. The highest BCUT2D eigenvalue weighted by Gasteiger charge is 2.10. The summed E-state index contributed by atoms with van der Waals surface area (Å²) >= 11 is 0. The summed E-state index contributed by atoms with van der Waals surface area (Å²) < 4.78 is 18.9. The van der Waals surface area contributed by atoms with E-state index in [1.807, 2.05) is 38.1 Å². The minimum Gasteiger partial charge on any atom is -0.493 e. The summed E-state index contributed by atoms with van der Waals surface area (Å²) in [6, 6.07) is 14.2. The molecule has 2 N–H and O–H groups in total. The van der Waals surface area contributed by atoms with Gasteiger partial charge in [0.15, 0.2) is 0 Å². The first-order chi connectivity index (χ1) is 14.4. The van der Waals surface area contributed by atoms with E-state index in [9.17, 15) is 14.0 Å². The Morgan fingerprint density at radius 2 is 1.97 bits per heavy atom. The van der Waals surface area contributed by atoms with Crippen molar-refractivity contribution >= 4 is 12.1 Å². The molecule has 3 rings (SSSR count). The summed E-state index contributed by atoms with van der Waals surface area (Å²) in [5.41, 5.74) is 3.12. The summed E-state index contributed by atoms with van der Waals surface area (Å²) in [5.74, 6) is -0.00290. The van der Waals surface area contributed by atoms with Crippen LogP contribution >= 0.6 is 0 Å². The number of nitrogens with one attached hydrogen (secondary N) is 2. The van der Waals surface area contributed by atoms with Crippen LogP contribution in [0.5, 0.6) is 5.75 Å². The zero-order valence-electron chi connectivity index (χ0n) is 16.6. The van der Waals surface area contributed by atoms with Gasteiger partial charge in [-0.05, 0) is 48.4 Å². The number of carbonyl (C=O) groups excluding carboxylic acids is 1. The number of aromatic amines is 1. The molecule has 30 heavy (non-hydrogen) atoms. The molecular formula is C22H21FN4O3. The molecule has 0 aliphatic carbocycles. The maximum Gasteiger partial charge on any atom is 0.346 e. The number of halogens is 1. The van der Waals surface area contributed by atoms with E-state index in [-0.39, 0.29) is 11.4 Å². The van der Waals surface area contributed by atoms with Crippen molar-refractivity contribution in [3.8, 4) is 17.0 Å². The summed E-state index contributed by atoms with van der Waals surface area (Å²) in [7, 11) is 0. The molecule has 0 saturated heterocycles. The number of aromatic nitrogens is 2. The van der Waals surface area contributed by atoms with Crippen LogP contribution in [0.25, 0.3) is 11.3 Å². The second-order valence-corrected chi connectivity index (χ2v) is 6.93. The predicted octanol–water partition coefficient (Wildman–Crippen LogP) is 3.37. The van der Waals surface area contributed by atoms with Crippen molar-refractivity contribution in [1.82, 2.24) is 15.4 Å². The third-order valence-corrected chi connectivity index (χ3v) is 3.99. The molecule has 0 aliphatic rings. The number of hydrogen-bond acceptors (Lipinski definition) is 5. The van der Waals surface area contributed by atoms with Crippen LogP contribution in [0.1, 0.15) is 29.9 Å². The lowest BCUT2D eigenvalue weighted by Gasteiger charge is -2.10. The highest BCUT2D eigenvalue weighted by atomic mass is 19.1. The fraction of sp³-hybridized carbons (Fsp3) is 0.182. The van der Waals surface area contributed by atoms with E-state index in [0.717, 1.165) is 0 Å². The minimum absolute atomic E-state index is 0.0178. The highest BCUT2D eigenvalue weighted by molar-refractivity contribution is 5.94. The molecule has 0 spiro atoms. The number of benzene rings is 2. The van der Waals surface area contributed by atoms with Gasteiger partial charge in [-0.25, -0.2) is 14.6 Å². The Morgan fingerprint density at radius 1 is 1.23 bits per heavy atom. The van der Waals surface area contributed by atoms with Gasteiger partial charge in [0.2, 0.25) is 0 Å². The lowest BCUT2D eigenvalue weighted by molar-refractivity contribution is 0.0949.